The number of hydrogen-bond donors (Lipinski definition) is 2. The van der Waals surface area contributed by atoms with Crippen molar-refractivity contribution in [3.63, 3.8) is 0 Å². The summed E-state index contributed by atoms with van der Waals surface area (Å²) < 4.78 is 10.6. The summed E-state index contributed by atoms with van der Waals surface area (Å²) in [6.45, 7) is 0.471. The van der Waals surface area contributed by atoms with Gasteiger partial charge in [-0.15, -0.1) is 0 Å². The third kappa shape index (κ3) is 4.24. The molecule has 0 aliphatic carbocycles. The normalized spacial score (nSPS) is 12.8. The van der Waals surface area contributed by atoms with Crippen LogP contribution in [0.15, 0.2) is 48.5 Å². The molecular weight excluding hydrogens is 386 g/mol. The number of ether oxygens (including phenoxy) is 2. The van der Waals surface area contributed by atoms with E-state index in [4.69, 9.17) is 9.47 Å². The predicted molar refractivity (Wildman–Crippen MR) is 109 cm³/mol. The maximum atomic E-state index is 12.3. The molecule has 0 atom stereocenters. The highest BCUT2D eigenvalue weighted by atomic mass is 16.5. The van der Waals surface area contributed by atoms with Gasteiger partial charge in [0.1, 0.15) is 17.3 Å². The Morgan fingerprint density at radius 1 is 1.23 bits per heavy atom. The molecule has 0 unspecified atom stereocenters. The van der Waals surface area contributed by atoms with Crippen molar-refractivity contribution in [2.24, 2.45) is 0 Å². The van der Waals surface area contributed by atoms with E-state index < -0.39 is 0 Å². The number of carbonyl (C=O) groups excluding carboxylic acids is 2. The van der Waals surface area contributed by atoms with Crippen LogP contribution in [0.5, 0.6) is 11.5 Å². The van der Waals surface area contributed by atoms with Crippen LogP contribution in [0.25, 0.3) is 11.4 Å². The summed E-state index contributed by atoms with van der Waals surface area (Å²) in [5, 5.41) is 9.80. The minimum atomic E-state index is -0.186. The highest BCUT2D eigenvalue weighted by molar-refractivity contribution is 5.98. The maximum absolute atomic E-state index is 12.3. The molecule has 0 radical (unpaired) electrons. The Hall–Kier alpha value is -3.88. The number of anilines is 1. The SMILES string of the molecule is COc1ccc(-c2n[nH]c(CNC(=O)CCN3C(=O)COc4ccccc43)n2)cc1. The quantitative estimate of drug-likeness (QED) is 0.619. The van der Waals surface area contributed by atoms with Crippen molar-refractivity contribution in [3.8, 4) is 22.9 Å². The lowest BCUT2D eigenvalue weighted by atomic mass is 10.2. The van der Waals surface area contributed by atoms with Crippen LogP contribution >= 0.6 is 0 Å². The van der Waals surface area contributed by atoms with Gasteiger partial charge in [0.05, 0.1) is 19.3 Å². The van der Waals surface area contributed by atoms with Crippen LogP contribution in [0.1, 0.15) is 12.2 Å². The van der Waals surface area contributed by atoms with Gasteiger partial charge in [0.2, 0.25) is 5.91 Å². The summed E-state index contributed by atoms with van der Waals surface area (Å²) in [4.78, 5) is 30.4. The lowest BCUT2D eigenvalue weighted by Crippen LogP contribution is -2.41. The number of aromatic amines is 1. The van der Waals surface area contributed by atoms with E-state index in [0.29, 0.717) is 23.1 Å². The predicted octanol–water partition coefficient (Wildman–Crippen LogP) is 1.91. The molecule has 0 fully saturated rings. The highest BCUT2D eigenvalue weighted by Crippen LogP contribution is 2.31. The van der Waals surface area contributed by atoms with Crippen molar-refractivity contribution in [3.05, 3.63) is 54.4 Å². The number of benzene rings is 2. The second-order valence-corrected chi connectivity index (χ2v) is 6.66. The number of carbonyl (C=O) groups is 2. The first-order valence-electron chi connectivity index (χ1n) is 9.48. The lowest BCUT2D eigenvalue weighted by molar-refractivity contribution is -0.122. The van der Waals surface area contributed by atoms with Gasteiger partial charge in [-0.25, -0.2) is 4.98 Å². The minimum absolute atomic E-state index is 0.0230. The van der Waals surface area contributed by atoms with Crippen molar-refractivity contribution < 1.29 is 19.1 Å². The van der Waals surface area contributed by atoms with Crippen LogP contribution in [0.3, 0.4) is 0 Å². The number of hydrogen-bond acceptors (Lipinski definition) is 6. The second-order valence-electron chi connectivity index (χ2n) is 6.66. The Kier molecular flexibility index (Phi) is 5.60. The molecule has 9 heteroatoms. The zero-order chi connectivity index (χ0) is 20.9. The van der Waals surface area contributed by atoms with E-state index in [-0.39, 0.29) is 37.9 Å². The molecule has 2 N–H and O–H groups in total. The largest absolute Gasteiger partial charge is 0.497 e. The van der Waals surface area contributed by atoms with Gasteiger partial charge in [-0.05, 0) is 36.4 Å². The van der Waals surface area contributed by atoms with Crippen molar-refractivity contribution in [2.75, 3.05) is 25.2 Å². The number of nitrogens with zero attached hydrogens (tertiary/aromatic N) is 3. The minimum Gasteiger partial charge on any atom is -0.497 e. The maximum Gasteiger partial charge on any atom is 0.265 e. The second kappa shape index (κ2) is 8.64. The molecule has 0 saturated heterocycles. The van der Waals surface area contributed by atoms with Gasteiger partial charge in [0.25, 0.3) is 5.91 Å². The zero-order valence-corrected chi connectivity index (χ0v) is 16.4. The molecule has 2 heterocycles. The number of H-pyrrole nitrogens is 1. The summed E-state index contributed by atoms with van der Waals surface area (Å²) in [5.74, 6) is 2.13. The molecule has 3 aromatic rings. The highest BCUT2D eigenvalue weighted by Gasteiger charge is 2.25. The van der Waals surface area contributed by atoms with Crippen LogP contribution in [-0.2, 0) is 16.1 Å². The topological polar surface area (TPSA) is 109 Å². The van der Waals surface area contributed by atoms with Gasteiger partial charge in [0.15, 0.2) is 12.4 Å². The number of aromatic nitrogens is 3. The number of fused-ring (bicyclic) bond motifs is 1. The zero-order valence-electron chi connectivity index (χ0n) is 16.4. The number of methoxy groups -OCH3 is 1. The Balaban J connectivity index is 1.30. The third-order valence-electron chi connectivity index (χ3n) is 4.70. The van der Waals surface area contributed by atoms with Crippen molar-refractivity contribution in [1.82, 2.24) is 20.5 Å². The first-order chi connectivity index (χ1) is 14.6. The van der Waals surface area contributed by atoms with Crippen molar-refractivity contribution in [2.45, 2.75) is 13.0 Å². The van der Waals surface area contributed by atoms with Crippen LogP contribution in [0.4, 0.5) is 5.69 Å². The molecule has 2 aromatic carbocycles. The molecular formula is C21H21N5O4. The Morgan fingerprint density at radius 2 is 2.03 bits per heavy atom. The fourth-order valence-electron chi connectivity index (χ4n) is 3.13. The van der Waals surface area contributed by atoms with Crippen LogP contribution in [0.2, 0.25) is 0 Å². The van der Waals surface area contributed by atoms with Gasteiger partial charge < -0.3 is 19.7 Å². The van der Waals surface area contributed by atoms with Gasteiger partial charge in [0, 0.05) is 18.5 Å². The summed E-state index contributed by atoms with van der Waals surface area (Å²) in [5.41, 5.74) is 1.52. The first kappa shape index (κ1) is 19.4. The number of nitrogens with one attached hydrogen (secondary N) is 2. The van der Waals surface area contributed by atoms with E-state index in [1.54, 1.807) is 24.1 Å². The molecule has 0 spiro atoms. The molecule has 4 rings (SSSR count). The van der Waals surface area contributed by atoms with Gasteiger partial charge in [-0.1, -0.05) is 12.1 Å². The van der Waals surface area contributed by atoms with E-state index >= 15 is 0 Å². The van der Waals surface area contributed by atoms with E-state index in [2.05, 4.69) is 20.5 Å². The first-order valence-corrected chi connectivity index (χ1v) is 9.48. The summed E-state index contributed by atoms with van der Waals surface area (Å²) in [6, 6.07) is 14.7. The number of amides is 2. The van der Waals surface area contributed by atoms with E-state index in [1.165, 1.54) is 0 Å². The van der Waals surface area contributed by atoms with Gasteiger partial charge >= 0.3 is 0 Å². The average molecular weight is 407 g/mol. The summed E-state index contributed by atoms with van der Waals surface area (Å²) in [7, 11) is 1.61. The molecule has 1 aliphatic rings. The fraction of sp³-hybridized carbons (Fsp3) is 0.238. The van der Waals surface area contributed by atoms with E-state index in [0.717, 1.165) is 11.3 Å². The standard InChI is InChI=1S/C21H21N5O4/c1-29-15-8-6-14(7-9-15)21-23-18(24-25-21)12-22-19(27)10-11-26-16-4-2-3-5-17(16)30-13-20(26)28/h2-9H,10-13H2,1H3,(H,22,27)(H,23,24,25). The Labute approximate surface area is 173 Å². The Bertz CT molecular complexity index is 1050. The lowest BCUT2D eigenvalue weighted by Gasteiger charge is -2.29. The molecule has 1 aliphatic heterocycles. The third-order valence-corrected chi connectivity index (χ3v) is 4.70. The van der Waals surface area contributed by atoms with E-state index in [9.17, 15) is 9.59 Å². The summed E-state index contributed by atoms with van der Waals surface area (Å²) in [6.07, 6.45) is 0.166. The average Bonchev–Trinajstić information content (AvgIpc) is 3.26. The number of rotatable bonds is 7. The fourth-order valence-corrected chi connectivity index (χ4v) is 3.13. The van der Waals surface area contributed by atoms with Crippen molar-refractivity contribution >= 4 is 17.5 Å². The molecule has 2 amide bonds. The molecule has 154 valence electrons. The monoisotopic (exact) mass is 407 g/mol. The smallest absolute Gasteiger partial charge is 0.265 e. The van der Waals surface area contributed by atoms with Gasteiger partial charge in [-0.2, -0.15) is 5.10 Å². The molecule has 0 saturated carbocycles. The van der Waals surface area contributed by atoms with E-state index in [1.807, 2.05) is 36.4 Å². The molecule has 1 aromatic heterocycles. The van der Waals surface area contributed by atoms with Gasteiger partial charge in [-0.3, -0.25) is 14.7 Å². The summed E-state index contributed by atoms with van der Waals surface area (Å²) >= 11 is 0. The molecule has 30 heavy (non-hydrogen) atoms. The van der Waals surface area contributed by atoms with Crippen molar-refractivity contribution in [1.29, 1.82) is 0 Å². The van der Waals surface area contributed by atoms with Crippen LogP contribution in [-0.4, -0.2) is 47.3 Å². The number of para-hydroxylation sites is 2. The van der Waals surface area contributed by atoms with Crippen LogP contribution in [0, 0.1) is 0 Å². The Morgan fingerprint density at radius 3 is 2.83 bits per heavy atom. The molecule has 0 bridgehead atoms. The molecule has 9 nitrogen and oxygen atoms in total. The van der Waals surface area contributed by atoms with Crippen LogP contribution < -0.4 is 19.7 Å².